The van der Waals surface area contributed by atoms with Crippen molar-refractivity contribution in [2.45, 2.75) is 64.3 Å². The van der Waals surface area contributed by atoms with Crippen LogP contribution in [0.2, 0.25) is 5.02 Å². The molecule has 0 spiro atoms. The average molecular weight is 610 g/mol. The Hall–Kier alpha value is -3.56. The molecule has 3 amide bonds. The van der Waals surface area contributed by atoms with Crippen LogP contribution in [0.15, 0.2) is 66.4 Å². The molecule has 0 bridgehead atoms. The molecule has 9 nitrogen and oxygen atoms in total. The van der Waals surface area contributed by atoms with Gasteiger partial charge in [-0.3, -0.25) is 9.59 Å². The number of hydrogen-bond acceptors (Lipinski definition) is 6. The van der Waals surface area contributed by atoms with Crippen LogP contribution in [0.4, 0.5) is 4.79 Å². The van der Waals surface area contributed by atoms with Crippen molar-refractivity contribution in [2.24, 2.45) is 0 Å². The minimum atomic E-state index is -0.145. The Bertz CT molecular complexity index is 1260. The molecule has 0 aromatic heterocycles. The van der Waals surface area contributed by atoms with Gasteiger partial charge >= 0.3 is 6.03 Å². The molecule has 0 saturated carbocycles. The van der Waals surface area contributed by atoms with E-state index in [4.69, 9.17) is 16.3 Å². The van der Waals surface area contributed by atoms with Gasteiger partial charge in [-0.15, -0.1) is 0 Å². The van der Waals surface area contributed by atoms with Crippen molar-refractivity contribution < 1.29 is 19.1 Å². The predicted molar refractivity (Wildman–Crippen MR) is 170 cm³/mol. The Balaban J connectivity index is 1.20. The smallest absolute Gasteiger partial charge is 0.314 e. The summed E-state index contributed by atoms with van der Waals surface area (Å²) in [5.41, 5.74) is 2.63. The number of allylic oxidation sites excluding steroid dienone is 4. The van der Waals surface area contributed by atoms with Crippen molar-refractivity contribution in [3.63, 3.8) is 0 Å². The lowest BCUT2D eigenvalue weighted by Crippen LogP contribution is -2.39. The first-order valence-electron chi connectivity index (χ1n) is 15.3. The average Bonchev–Trinajstić information content (AvgIpc) is 2.99. The van der Waals surface area contributed by atoms with Crippen molar-refractivity contribution in [1.82, 2.24) is 25.8 Å². The van der Waals surface area contributed by atoms with Crippen LogP contribution in [0.25, 0.3) is 0 Å². The first-order valence-corrected chi connectivity index (χ1v) is 15.7. The first kappa shape index (κ1) is 32.4. The number of rotatable bonds is 13. The van der Waals surface area contributed by atoms with E-state index < -0.39 is 0 Å². The highest BCUT2D eigenvalue weighted by Crippen LogP contribution is 2.32. The summed E-state index contributed by atoms with van der Waals surface area (Å²) in [6.45, 7) is 8.68. The number of nitrogens with zero attached hydrogens (tertiary/aromatic N) is 2. The number of carbonyl (C=O) groups excluding carboxylic acids is 3. The lowest BCUT2D eigenvalue weighted by Gasteiger charge is -2.34. The molecule has 1 saturated heterocycles. The van der Waals surface area contributed by atoms with Crippen LogP contribution in [-0.4, -0.2) is 72.8 Å². The molecule has 1 aromatic carbocycles. The second kappa shape index (κ2) is 16.3. The topological polar surface area (TPSA) is 103 Å². The van der Waals surface area contributed by atoms with Crippen LogP contribution in [0.5, 0.6) is 0 Å². The van der Waals surface area contributed by atoms with Gasteiger partial charge in [-0.05, 0) is 88.7 Å². The highest BCUT2D eigenvalue weighted by atomic mass is 35.5. The zero-order chi connectivity index (χ0) is 30.6. The fourth-order valence-electron chi connectivity index (χ4n) is 5.49. The molecule has 232 valence electrons. The van der Waals surface area contributed by atoms with E-state index >= 15 is 0 Å². The summed E-state index contributed by atoms with van der Waals surface area (Å²) < 4.78 is 5.67. The summed E-state index contributed by atoms with van der Waals surface area (Å²) >= 11 is 6.31. The monoisotopic (exact) mass is 609 g/mol. The van der Waals surface area contributed by atoms with Gasteiger partial charge in [0.05, 0.1) is 0 Å². The number of carbonyl (C=O) groups is 3. The number of urea groups is 1. The lowest BCUT2D eigenvalue weighted by atomic mass is 9.86. The summed E-state index contributed by atoms with van der Waals surface area (Å²) in [6, 6.07) is 5.64. The Morgan fingerprint density at radius 2 is 1.84 bits per heavy atom. The maximum atomic E-state index is 13.1. The summed E-state index contributed by atoms with van der Waals surface area (Å²) in [6.07, 6.45) is 15.8. The maximum absolute atomic E-state index is 13.1. The van der Waals surface area contributed by atoms with E-state index in [1.54, 1.807) is 24.5 Å². The number of ether oxygens (including phenoxy) is 1. The minimum absolute atomic E-state index is 0.0821. The van der Waals surface area contributed by atoms with Crippen molar-refractivity contribution >= 4 is 29.3 Å². The number of hydrogen-bond donors (Lipinski definition) is 3. The van der Waals surface area contributed by atoms with Gasteiger partial charge in [-0.1, -0.05) is 29.8 Å². The minimum Gasteiger partial charge on any atom is -0.462 e. The number of ketones is 1. The molecule has 2 heterocycles. The number of piperidine rings is 1. The second-order valence-electron chi connectivity index (χ2n) is 11.5. The fraction of sp³-hybridized carbons (Fsp3) is 0.485. The number of unbranched alkanes of at least 4 members (excludes halogenated alkanes) is 2. The van der Waals surface area contributed by atoms with Crippen molar-refractivity contribution in [2.75, 3.05) is 39.3 Å². The Morgan fingerprint density at radius 3 is 2.58 bits per heavy atom. The largest absolute Gasteiger partial charge is 0.462 e. The van der Waals surface area contributed by atoms with Crippen molar-refractivity contribution in [1.29, 1.82) is 0 Å². The Morgan fingerprint density at radius 1 is 1.07 bits per heavy atom. The summed E-state index contributed by atoms with van der Waals surface area (Å²) in [4.78, 5) is 41.1. The highest BCUT2D eigenvalue weighted by Gasteiger charge is 2.25. The number of likely N-dealkylation sites (tertiary alicyclic amines) is 1. The normalized spacial score (nSPS) is 17.4. The summed E-state index contributed by atoms with van der Waals surface area (Å²) in [7, 11) is 0. The Kier molecular flexibility index (Phi) is 12.3. The second-order valence-corrected chi connectivity index (χ2v) is 12.0. The molecule has 0 atom stereocenters. The quantitative estimate of drug-likeness (QED) is 0.265. The van der Waals surface area contributed by atoms with Crippen LogP contribution >= 0.6 is 11.6 Å². The van der Waals surface area contributed by atoms with Gasteiger partial charge in [-0.2, -0.15) is 0 Å². The molecular weight excluding hydrogens is 566 g/mol. The molecule has 1 fully saturated rings. The SMILES string of the molecule is CC(C)NC(=O)NCCCCCNC(=O)c1cc(Cl)ccc1C1CCN(CCN2C=COC(C3=CC=CC(=O)C3)=C2)CC1. The number of benzene rings is 1. The van der Waals surface area contributed by atoms with E-state index in [9.17, 15) is 14.4 Å². The van der Waals surface area contributed by atoms with E-state index in [1.165, 1.54) is 0 Å². The van der Waals surface area contributed by atoms with E-state index in [0.717, 1.165) is 75.2 Å². The molecule has 0 radical (unpaired) electrons. The molecule has 1 aromatic rings. The zero-order valence-corrected chi connectivity index (χ0v) is 26.0. The van der Waals surface area contributed by atoms with E-state index in [1.807, 2.05) is 44.5 Å². The molecule has 3 N–H and O–H groups in total. The standard InChI is InChI=1S/C33H44ClN5O4/c1-24(2)37-33(42)36-14-5-3-4-13-35-32(41)30-22-27(34)9-10-29(30)25-11-15-38(16-12-25)17-18-39-19-20-43-31(23-39)26-7-6-8-28(40)21-26/h6-10,19-20,22-25H,3-5,11-18,21H2,1-2H3,(H,35,41)(H2,36,37,42). The van der Waals surface area contributed by atoms with Crippen molar-refractivity contribution in [3.8, 4) is 0 Å². The summed E-state index contributed by atoms with van der Waals surface area (Å²) in [5.74, 6) is 1.02. The molecule has 3 aliphatic rings. The van der Waals surface area contributed by atoms with Gasteiger partial charge < -0.3 is 30.5 Å². The zero-order valence-electron chi connectivity index (χ0n) is 25.2. The van der Waals surface area contributed by atoms with Crippen LogP contribution in [-0.2, 0) is 9.53 Å². The first-order chi connectivity index (χ1) is 20.8. The van der Waals surface area contributed by atoms with E-state index in [-0.39, 0.29) is 23.8 Å². The molecule has 43 heavy (non-hydrogen) atoms. The number of halogens is 1. The molecule has 0 unspecified atom stereocenters. The third-order valence-corrected chi connectivity index (χ3v) is 8.03. The molecule has 4 rings (SSSR count). The van der Waals surface area contributed by atoms with Gasteiger partial charge in [0, 0.05) is 67.2 Å². The number of amides is 3. The molecule has 10 heteroatoms. The molecule has 2 aliphatic heterocycles. The van der Waals surface area contributed by atoms with Gasteiger partial charge in [0.2, 0.25) is 0 Å². The highest BCUT2D eigenvalue weighted by molar-refractivity contribution is 6.31. The lowest BCUT2D eigenvalue weighted by molar-refractivity contribution is -0.114. The summed E-state index contributed by atoms with van der Waals surface area (Å²) in [5, 5.41) is 9.28. The Labute approximate surface area is 260 Å². The van der Waals surface area contributed by atoms with Gasteiger partial charge in [0.1, 0.15) is 12.0 Å². The maximum Gasteiger partial charge on any atom is 0.314 e. The van der Waals surface area contributed by atoms with Gasteiger partial charge in [-0.25, -0.2) is 4.79 Å². The molecule has 1 aliphatic carbocycles. The third-order valence-electron chi connectivity index (χ3n) is 7.80. The van der Waals surface area contributed by atoms with Crippen LogP contribution in [0.3, 0.4) is 0 Å². The molecular formula is C33H44ClN5O4. The number of nitrogens with one attached hydrogen (secondary N) is 3. The van der Waals surface area contributed by atoms with Crippen LogP contribution < -0.4 is 16.0 Å². The fourth-order valence-corrected chi connectivity index (χ4v) is 5.67. The third kappa shape index (κ3) is 10.3. The van der Waals surface area contributed by atoms with Gasteiger partial charge in [0.25, 0.3) is 5.91 Å². The van der Waals surface area contributed by atoms with Crippen LogP contribution in [0, 0.1) is 0 Å². The van der Waals surface area contributed by atoms with Crippen LogP contribution in [0.1, 0.15) is 74.2 Å². The van der Waals surface area contributed by atoms with Gasteiger partial charge in [0.15, 0.2) is 5.78 Å². The predicted octanol–water partition coefficient (Wildman–Crippen LogP) is 5.23. The van der Waals surface area contributed by atoms with E-state index in [0.29, 0.717) is 36.0 Å². The van der Waals surface area contributed by atoms with Crippen molar-refractivity contribution in [3.05, 3.63) is 82.6 Å². The van der Waals surface area contributed by atoms with E-state index in [2.05, 4.69) is 25.8 Å².